The highest BCUT2D eigenvalue weighted by Crippen LogP contribution is 2.19. The average molecular weight is 370 g/mol. The molecule has 0 radical (unpaired) electrons. The van der Waals surface area contributed by atoms with E-state index in [-0.39, 0.29) is 41.5 Å². The fourth-order valence-corrected chi connectivity index (χ4v) is 4.45. The zero-order chi connectivity index (χ0) is 18.4. The number of oxime groups is 1. The quantitative estimate of drug-likeness (QED) is 0.542. The molecule has 1 aromatic rings. The van der Waals surface area contributed by atoms with Gasteiger partial charge in [0.2, 0.25) is 0 Å². The molecule has 0 N–H and O–H groups in total. The predicted octanol–water partition coefficient (Wildman–Crippen LogP) is 1.85. The maximum Gasteiger partial charge on any atom is 0.263 e. The number of carbonyl (C=O) groups is 1. The molecular weight excluding hydrogens is 347 g/mol. The Morgan fingerprint density at radius 3 is 2.76 bits per heavy atom. The number of hydrogen-bond acceptors (Lipinski definition) is 5. The molecule has 0 saturated carbocycles. The molecule has 1 saturated heterocycles. The third-order valence-corrected chi connectivity index (χ3v) is 5.64. The second-order valence-electron chi connectivity index (χ2n) is 6.53. The summed E-state index contributed by atoms with van der Waals surface area (Å²) in [5.41, 5.74) is 0.260. The Labute approximate surface area is 147 Å². The van der Waals surface area contributed by atoms with Crippen LogP contribution in [0.5, 0.6) is 0 Å². The first-order valence-corrected chi connectivity index (χ1v) is 10.0. The van der Waals surface area contributed by atoms with Gasteiger partial charge >= 0.3 is 0 Å². The Morgan fingerprint density at radius 2 is 2.16 bits per heavy atom. The van der Waals surface area contributed by atoms with Crippen molar-refractivity contribution in [2.75, 3.05) is 24.7 Å². The van der Waals surface area contributed by atoms with Crippen LogP contribution in [0.1, 0.15) is 25.8 Å². The standard InChI is InChI=1S/C17H23FN2O4S/c1-13(2)10-20(15-7-8-25(22,23)12-15)17(21)11-24-19-9-14-5-3-4-6-16(14)18/h3-6,9,13,15H,7-8,10-12H2,1-2H3/b19-9-/t15-/m0/s1. The van der Waals surface area contributed by atoms with E-state index in [1.54, 1.807) is 23.1 Å². The molecule has 1 atom stereocenters. The van der Waals surface area contributed by atoms with Crippen LogP contribution in [-0.2, 0) is 19.5 Å². The number of benzene rings is 1. The molecule has 0 bridgehead atoms. The molecule has 1 aliphatic rings. The van der Waals surface area contributed by atoms with Gasteiger partial charge in [-0.3, -0.25) is 4.79 Å². The van der Waals surface area contributed by atoms with Crippen LogP contribution in [0.3, 0.4) is 0 Å². The van der Waals surface area contributed by atoms with Crippen molar-refractivity contribution in [1.29, 1.82) is 0 Å². The first-order valence-electron chi connectivity index (χ1n) is 8.18. The van der Waals surface area contributed by atoms with E-state index in [9.17, 15) is 17.6 Å². The Hall–Kier alpha value is -1.96. The van der Waals surface area contributed by atoms with Crippen LogP contribution >= 0.6 is 0 Å². The van der Waals surface area contributed by atoms with Crippen LogP contribution in [0.25, 0.3) is 0 Å². The Balaban J connectivity index is 1.94. The number of hydrogen-bond donors (Lipinski definition) is 0. The Morgan fingerprint density at radius 1 is 1.44 bits per heavy atom. The first-order chi connectivity index (χ1) is 11.8. The van der Waals surface area contributed by atoms with E-state index < -0.39 is 15.7 Å². The minimum absolute atomic E-state index is 0.00997. The highest BCUT2D eigenvalue weighted by Gasteiger charge is 2.34. The SMILES string of the molecule is CC(C)CN(C(=O)CO/N=C\c1ccccc1F)[C@H]1CCS(=O)(=O)C1. The van der Waals surface area contributed by atoms with Crippen molar-refractivity contribution in [3.8, 4) is 0 Å². The van der Waals surface area contributed by atoms with Crippen LogP contribution in [-0.4, -0.2) is 56.1 Å². The van der Waals surface area contributed by atoms with Crippen LogP contribution in [0.4, 0.5) is 4.39 Å². The molecule has 0 spiro atoms. The van der Waals surface area contributed by atoms with Crippen LogP contribution in [0.2, 0.25) is 0 Å². The van der Waals surface area contributed by atoms with Crippen molar-refractivity contribution in [1.82, 2.24) is 4.90 Å². The van der Waals surface area contributed by atoms with Gasteiger partial charge in [0.05, 0.1) is 17.7 Å². The van der Waals surface area contributed by atoms with Crippen LogP contribution in [0.15, 0.2) is 29.4 Å². The lowest BCUT2D eigenvalue weighted by atomic mass is 10.1. The number of amides is 1. The summed E-state index contributed by atoms with van der Waals surface area (Å²) in [5.74, 6) is -0.454. The molecule has 1 heterocycles. The van der Waals surface area contributed by atoms with Gasteiger partial charge in [-0.25, -0.2) is 12.8 Å². The lowest BCUT2D eigenvalue weighted by molar-refractivity contribution is -0.138. The van der Waals surface area contributed by atoms with Gasteiger partial charge in [-0.15, -0.1) is 0 Å². The lowest BCUT2D eigenvalue weighted by Gasteiger charge is -2.29. The normalized spacial score (nSPS) is 19.4. The number of rotatable bonds is 7. The summed E-state index contributed by atoms with van der Waals surface area (Å²) in [4.78, 5) is 19.0. The molecule has 1 aliphatic heterocycles. The van der Waals surface area contributed by atoms with Gasteiger partial charge in [-0.1, -0.05) is 37.2 Å². The fourth-order valence-electron chi connectivity index (χ4n) is 2.72. The molecule has 0 aromatic heterocycles. The van der Waals surface area contributed by atoms with Crippen molar-refractivity contribution < 1.29 is 22.4 Å². The van der Waals surface area contributed by atoms with Gasteiger partial charge in [0.1, 0.15) is 5.82 Å². The maximum absolute atomic E-state index is 13.4. The first kappa shape index (κ1) is 19.4. The molecule has 8 heteroatoms. The van der Waals surface area contributed by atoms with E-state index in [4.69, 9.17) is 4.84 Å². The van der Waals surface area contributed by atoms with Crippen molar-refractivity contribution in [3.05, 3.63) is 35.6 Å². The molecule has 0 unspecified atom stereocenters. The molecule has 1 aromatic carbocycles. The summed E-state index contributed by atoms with van der Waals surface area (Å²) >= 11 is 0. The molecule has 0 aliphatic carbocycles. The third-order valence-electron chi connectivity index (χ3n) is 3.89. The van der Waals surface area contributed by atoms with Crippen LogP contribution in [0, 0.1) is 11.7 Å². The molecule has 138 valence electrons. The number of halogens is 1. The second kappa shape index (κ2) is 8.42. The molecule has 25 heavy (non-hydrogen) atoms. The zero-order valence-corrected chi connectivity index (χ0v) is 15.2. The van der Waals surface area contributed by atoms with Gasteiger partial charge in [-0.05, 0) is 18.4 Å². The molecule has 1 fully saturated rings. The van der Waals surface area contributed by atoms with Gasteiger partial charge in [0, 0.05) is 18.2 Å². The molecular formula is C17H23FN2O4S. The summed E-state index contributed by atoms with van der Waals surface area (Å²) in [7, 11) is -3.08. The highest BCUT2D eigenvalue weighted by molar-refractivity contribution is 7.91. The Kier molecular flexibility index (Phi) is 6.52. The van der Waals surface area contributed by atoms with E-state index in [2.05, 4.69) is 5.16 Å². The van der Waals surface area contributed by atoms with E-state index in [0.29, 0.717) is 13.0 Å². The minimum Gasteiger partial charge on any atom is -0.386 e. The fraction of sp³-hybridized carbons (Fsp3) is 0.529. The minimum atomic E-state index is -3.08. The zero-order valence-electron chi connectivity index (χ0n) is 14.4. The van der Waals surface area contributed by atoms with E-state index in [1.165, 1.54) is 12.3 Å². The van der Waals surface area contributed by atoms with Gasteiger partial charge in [0.15, 0.2) is 16.4 Å². The highest BCUT2D eigenvalue weighted by atomic mass is 32.2. The average Bonchev–Trinajstić information content (AvgIpc) is 2.90. The van der Waals surface area contributed by atoms with Crippen molar-refractivity contribution >= 4 is 22.0 Å². The molecule has 2 rings (SSSR count). The number of nitrogens with zero attached hydrogens (tertiary/aromatic N) is 2. The van der Waals surface area contributed by atoms with E-state index >= 15 is 0 Å². The van der Waals surface area contributed by atoms with Crippen molar-refractivity contribution in [2.45, 2.75) is 26.3 Å². The van der Waals surface area contributed by atoms with Crippen molar-refractivity contribution in [3.63, 3.8) is 0 Å². The topological polar surface area (TPSA) is 76.0 Å². The van der Waals surface area contributed by atoms with E-state index in [0.717, 1.165) is 0 Å². The lowest BCUT2D eigenvalue weighted by Crippen LogP contribution is -2.44. The summed E-state index contributed by atoms with van der Waals surface area (Å²) in [6, 6.07) is 5.76. The maximum atomic E-state index is 13.4. The second-order valence-corrected chi connectivity index (χ2v) is 8.75. The smallest absolute Gasteiger partial charge is 0.263 e. The molecule has 6 nitrogen and oxygen atoms in total. The summed E-state index contributed by atoms with van der Waals surface area (Å²) < 4.78 is 36.8. The van der Waals surface area contributed by atoms with Crippen LogP contribution < -0.4 is 0 Å². The summed E-state index contributed by atoms with van der Waals surface area (Å²) in [6.07, 6.45) is 1.65. The number of sulfone groups is 1. The summed E-state index contributed by atoms with van der Waals surface area (Å²) in [5, 5.41) is 3.63. The van der Waals surface area contributed by atoms with Crippen molar-refractivity contribution in [2.24, 2.45) is 11.1 Å². The van der Waals surface area contributed by atoms with E-state index in [1.807, 2.05) is 13.8 Å². The Bertz CT molecular complexity index is 734. The summed E-state index contributed by atoms with van der Waals surface area (Å²) in [6.45, 7) is 4.06. The number of carbonyl (C=O) groups excluding carboxylic acids is 1. The van der Waals surface area contributed by atoms with Gasteiger partial charge < -0.3 is 9.74 Å². The monoisotopic (exact) mass is 370 g/mol. The molecule has 1 amide bonds. The predicted molar refractivity (Wildman–Crippen MR) is 93.6 cm³/mol. The van der Waals surface area contributed by atoms with Gasteiger partial charge in [-0.2, -0.15) is 0 Å². The van der Waals surface area contributed by atoms with Gasteiger partial charge in [0.25, 0.3) is 5.91 Å². The third kappa shape index (κ3) is 5.81. The largest absolute Gasteiger partial charge is 0.386 e.